The van der Waals surface area contributed by atoms with Gasteiger partial charge in [-0.3, -0.25) is 4.79 Å². The number of anilines is 1. The van der Waals surface area contributed by atoms with Gasteiger partial charge >= 0.3 is 0 Å². The van der Waals surface area contributed by atoms with Crippen molar-refractivity contribution in [3.8, 4) is 6.07 Å². The molecule has 0 spiro atoms. The lowest BCUT2D eigenvalue weighted by Crippen LogP contribution is -2.34. The Morgan fingerprint density at radius 2 is 1.89 bits per heavy atom. The van der Waals surface area contributed by atoms with Crippen molar-refractivity contribution in [2.24, 2.45) is 10.3 Å². The average molecular weight is 396 g/mol. The molecule has 0 saturated carbocycles. The minimum Gasteiger partial charge on any atom is -0.339 e. The van der Waals surface area contributed by atoms with Crippen LogP contribution in [0.1, 0.15) is 29.8 Å². The lowest BCUT2D eigenvalue weighted by Gasteiger charge is -2.22. The molecule has 0 fully saturated rings. The van der Waals surface area contributed by atoms with E-state index in [1.807, 2.05) is 6.92 Å². The maximum Gasteiger partial charge on any atom is 0.285 e. The van der Waals surface area contributed by atoms with Crippen LogP contribution in [0, 0.1) is 17.2 Å². The Bertz CT molecular complexity index is 1070. The first kappa shape index (κ1) is 19.6. The van der Waals surface area contributed by atoms with Crippen molar-refractivity contribution < 1.29 is 13.2 Å². The van der Waals surface area contributed by atoms with Crippen LogP contribution in [0.4, 0.5) is 5.69 Å². The molecule has 0 saturated heterocycles. The first-order valence-electron chi connectivity index (χ1n) is 8.86. The summed E-state index contributed by atoms with van der Waals surface area (Å²) >= 11 is 0. The van der Waals surface area contributed by atoms with E-state index in [1.165, 1.54) is 6.07 Å². The zero-order chi connectivity index (χ0) is 20.3. The van der Waals surface area contributed by atoms with Gasteiger partial charge in [0.25, 0.3) is 15.9 Å². The number of nitrogens with one attached hydrogen (secondary N) is 1. The molecular formula is C20H20N4O3S. The number of sulfonamides is 1. The number of carbonyl (C=O) groups is 1. The number of rotatable bonds is 5. The highest BCUT2D eigenvalue weighted by molar-refractivity contribution is 7.90. The number of hydrogen-bond acceptors (Lipinski definition) is 5. The van der Waals surface area contributed by atoms with Crippen LogP contribution in [0.3, 0.4) is 0 Å². The molecule has 1 heterocycles. The topological polar surface area (TPSA) is 103 Å². The average Bonchev–Trinajstić information content (AvgIpc) is 2.96. The molecule has 1 aliphatic heterocycles. The van der Waals surface area contributed by atoms with Crippen molar-refractivity contribution in [3.63, 3.8) is 0 Å². The summed E-state index contributed by atoms with van der Waals surface area (Å²) in [5, 5.41) is 12.0. The van der Waals surface area contributed by atoms with Gasteiger partial charge in [0.1, 0.15) is 4.90 Å². The Morgan fingerprint density at radius 3 is 2.54 bits per heavy atom. The molecule has 144 valence electrons. The minimum atomic E-state index is -3.69. The summed E-state index contributed by atoms with van der Waals surface area (Å²) in [5.74, 6) is -0.137. The van der Waals surface area contributed by atoms with E-state index >= 15 is 0 Å². The van der Waals surface area contributed by atoms with Crippen molar-refractivity contribution in [2.45, 2.75) is 18.7 Å². The Morgan fingerprint density at radius 1 is 1.21 bits per heavy atom. The maximum absolute atomic E-state index is 12.6. The molecule has 7 nitrogen and oxygen atoms in total. The van der Waals surface area contributed by atoms with Gasteiger partial charge in [0.15, 0.2) is 5.84 Å². The molecule has 1 N–H and O–H groups in total. The van der Waals surface area contributed by atoms with E-state index < -0.39 is 10.0 Å². The fourth-order valence-electron chi connectivity index (χ4n) is 2.94. The molecule has 3 rings (SSSR count). The number of amidine groups is 1. The number of fused-ring (bicyclic) bond motifs is 1. The molecular weight excluding hydrogens is 376 g/mol. The van der Waals surface area contributed by atoms with E-state index in [2.05, 4.69) is 15.8 Å². The molecule has 1 aliphatic rings. The second-order valence-corrected chi connectivity index (χ2v) is 8.06. The number of carbonyl (C=O) groups excluding carboxylic acids is 1. The lowest BCUT2D eigenvalue weighted by atomic mass is 10.1. The van der Waals surface area contributed by atoms with Crippen LogP contribution in [0.2, 0.25) is 0 Å². The molecule has 1 atom stereocenters. The summed E-state index contributed by atoms with van der Waals surface area (Å²) < 4.78 is 28.0. The first-order valence-corrected chi connectivity index (χ1v) is 10.3. The molecule has 2 aromatic rings. The van der Waals surface area contributed by atoms with Gasteiger partial charge in [0.2, 0.25) is 0 Å². The molecule has 0 aromatic heterocycles. The van der Waals surface area contributed by atoms with Gasteiger partial charge in [-0.15, -0.1) is 4.40 Å². The van der Waals surface area contributed by atoms with Crippen LogP contribution in [0.15, 0.2) is 57.8 Å². The predicted octanol–water partition coefficient (Wildman–Crippen LogP) is 2.87. The zero-order valence-corrected chi connectivity index (χ0v) is 16.4. The van der Waals surface area contributed by atoms with Crippen molar-refractivity contribution in [3.05, 3.63) is 59.7 Å². The third-order valence-corrected chi connectivity index (χ3v) is 5.74. The SMILES string of the molecule is CCN(CC(C)C#N)C(=O)c1ccc(NC2=NS(=O)(=O)c3ccccc32)cc1. The van der Waals surface area contributed by atoms with Crippen molar-refractivity contribution in [1.82, 2.24) is 4.90 Å². The molecule has 2 aromatic carbocycles. The monoisotopic (exact) mass is 396 g/mol. The third kappa shape index (κ3) is 3.89. The highest BCUT2D eigenvalue weighted by Crippen LogP contribution is 2.26. The quantitative estimate of drug-likeness (QED) is 0.837. The molecule has 28 heavy (non-hydrogen) atoms. The second kappa shape index (κ2) is 7.82. The second-order valence-electron chi connectivity index (χ2n) is 6.49. The van der Waals surface area contributed by atoms with E-state index in [9.17, 15) is 13.2 Å². The summed E-state index contributed by atoms with van der Waals surface area (Å²) in [7, 11) is -3.69. The van der Waals surface area contributed by atoms with Crippen LogP contribution in [-0.4, -0.2) is 38.2 Å². The first-order chi connectivity index (χ1) is 13.4. The summed E-state index contributed by atoms with van der Waals surface area (Å²) in [4.78, 5) is 14.4. The molecule has 0 aliphatic carbocycles. The number of benzene rings is 2. The molecule has 0 radical (unpaired) electrons. The van der Waals surface area contributed by atoms with Gasteiger partial charge in [-0.05, 0) is 50.2 Å². The summed E-state index contributed by atoms with van der Waals surface area (Å²) in [6.07, 6.45) is 0. The minimum absolute atomic E-state index is 0.151. The number of nitrogens with zero attached hydrogens (tertiary/aromatic N) is 3. The largest absolute Gasteiger partial charge is 0.339 e. The van der Waals surface area contributed by atoms with Gasteiger partial charge < -0.3 is 10.2 Å². The molecule has 1 amide bonds. The van der Waals surface area contributed by atoms with E-state index in [0.29, 0.717) is 29.9 Å². The van der Waals surface area contributed by atoms with Crippen LogP contribution < -0.4 is 5.32 Å². The van der Waals surface area contributed by atoms with Gasteiger partial charge in [0, 0.05) is 29.9 Å². The van der Waals surface area contributed by atoms with Crippen LogP contribution >= 0.6 is 0 Å². The van der Waals surface area contributed by atoms with E-state index in [1.54, 1.807) is 54.3 Å². The normalized spacial score (nSPS) is 15.1. The maximum atomic E-state index is 12.6. The summed E-state index contributed by atoms with van der Waals surface area (Å²) in [6, 6.07) is 15.5. The van der Waals surface area contributed by atoms with Gasteiger partial charge in [-0.1, -0.05) is 12.1 Å². The standard InChI is InChI=1S/C20H20N4O3S/c1-3-24(13-14(2)12-21)20(25)15-8-10-16(11-9-15)22-19-17-6-4-5-7-18(17)28(26,27)23-19/h4-11,14H,3,13H2,1-2H3,(H,22,23). The van der Waals surface area contributed by atoms with Crippen molar-refractivity contribution in [2.75, 3.05) is 18.4 Å². The highest BCUT2D eigenvalue weighted by Gasteiger charge is 2.28. The zero-order valence-electron chi connectivity index (χ0n) is 15.6. The van der Waals surface area contributed by atoms with Crippen LogP contribution in [0.25, 0.3) is 0 Å². The Kier molecular flexibility index (Phi) is 5.47. The summed E-state index contributed by atoms with van der Waals surface area (Å²) in [5.41, 5.74) is 1.64. The highest BCUT2D eigenvalue weighted by atomic mass is 32.2. The smallest absolute Gasteiger partial charge is 0.285 e. The number of hydrogen-bond donors (Lipinski definition) is 1. The Balaban J connectivity index is 1.77. The third-order valence-electron chi connectivity index (χ3n) is 4.41. The fraction of sp³-hybridized carbons (Fsp3) is 0.250. The van der Waals surface area contributed by atoms with Gasteiger partial charge in [-0.25, -0.2) is 0 Å². The van der Waals surface area contributed by atoms with Crippen molar-refractivity contribution >= 4 is 27.5 Å². The molecule has 0 bridgehead atoms. The van der Waals surface area contributed by atoms with Crippen molar-refractivity contribution in [1.29, 1.82) is 5.26 Å². The lowest BCUT2D eigenvalue weighted by molar-refractivity contribution is 0.0752. The molecule has 1 unspecified atom stereocenters. The van der Waals surface area contributed by atoms with E-state index in [4.69, 9.17) is 5.26 Å². The predicted molar refractivity (Wildman–Crippen MR) is 107 cm³/mol. The van der Waals surface area contributed by atoms with Crippen LogP contribution in [-0.2, 0) is 10.0 Å². The van der Waals surface area contributed by atoms with E-state index in [0.717, 1.165) is 0 Å². The Hall–Kier alpha value is -3.18. The number of nitriles is 1. The fourth-order valence-corrected chi connectivity index (χ4v) is 4.11. The Labute approximate surface area is 164 Å². The van der Waals surface area contributed by atoms with Gasteiger partial charge in [0.05, 0.1) is 12.0 Å². The number of amides is 1. The van der Waals surface area contributed by atoms with E-state index in [-0.39, 0.29) is 22.6 Å². The van der Waals surface area contributed by atoms with Gasteiger partial charge in [-0.2, -0.15) is 13.7 Å². The summed E-state index contributed by atoms with van der Waals surface area (Å²) in [6.45, 7) is 4.53. The molecule has 8 heteroatoms. The van der Waals surface area contributed by atoms with Crippen LogP contribution in [0.5, 0.6) is 0 Å².